The third-order valence-corrected chi connectivity index (χ3v) is 4.33. The number of rotatable bonds is 5. The Morgan fingerprint density at radius 1 is 1.05 bits per heavy atom. The van der Waals surface area contributed by atoms with Crippen LogP contribution in [0.5, 0.6) is 0 Å². The van der Waals surface area contributed by atoms with Crippen LogP contribution in [0.4, 0.5) is 0 Å². The predicted octanol–water partition coefficient (Wildman–Crippen LogP) is 4.68. The van der Waals surface area contributed by atoms with Crippen molar-refractivity contribution in [3.8, 4) is 0 Å². The number of likely N-dealkylation sites (N-methyl/N-ethyl adjacent to an activating group) is 1. The van der Waals surface area contributed by atoms with Crippen LogP contribution in [0.25, 0.3) is 0 Å². The summed E-state index contributed by atoms with van der Waals surface area (Å²) < 4.78 is 0. The normalized spacial score (nSPS) is 12.4. The van der Waals surface area contributed by atoms with Gasteiger partial charge in [0.25, 0.3) is 0 Å². The molecule has 0 amide bonds. The standard InChI is InChI=1S/C17H19Cl2N/c1-12-5-3-6-13(9-12)10-15(20-2)11-14-7-4-8-16(18)17(14)19/h3-9,15,20H,10-11H2,1-2H3. The molecule has 2 aromatic rings. The fourth-order valence-electron chi connectivity index (χ4n) is 2.37. The summed E-state index contributed by atoms with van der Waals surface area (Å²) in [6.07, 6.45) is 1.84. The van der Waals surface area contributed by atoms with Crippen molar-refractivity contribution in [2.24, 2.45) is 0 Å². The van der Waals surface area contributed by atoms with Gasteiger partial charge in [-0.1, -0.05) is 65.2 Å². The van der Waals surface area contributed by atoms with E-state index in [1.54, 1.807) is 0 Å². The van der Waals surface area contributed by atoms with Gasteiger partial charge in [0, 0.05) is 6.04 Å². The molecule has 0 saturated heterocycles. The van der Waals surface area contributed by atoms with Gasteiger partial charge in [0.1, 0.15) is 0 Å². The van der Waals surface area contributed by atoms with E-state index in [1.807, 2.05) is 25.2 Å². The molecule has 1 nitrogen and oxygen atoms in total. The van der Waals surface area contributed by atoms with Gasteiger partial charge in [-0.3, -0.25) is 0 Å². The summed E-state index contributed by atoms with van der Waals surface area (Å²) in [7, 11) is 1.99. The molecule has 0 aliphatic carbocycles. The minimum atomic E-state index is 0.341. The smallest absolute Gasteiger partial charge is 0.0624 e. The van der Waals surface area contributed by atoms with Gasteiger partial charge in [0.05, 0.1) is 10.0 Å². The molecule has 0 heterocycles. The Bertz CT molecular complexity index is 581. The van der Waals surface area contributed by atoms with Crippen molar-refractivity contribution >= 4 is 23.2 Å². The van der Waals surface area contributed by atoms with Gasteiger partial charge in [-0.25, -0.2) is 0 Å². The maximum absolute atomic E-state index is 6.26. The Morgan fingerprint density at radius 3 is 2.50 bits per heavy atom. The second-order valence-corrected chi connectivity index (χ2v) is 5.88. The fraction of sp³-hybridized carbons (Fsp3) is 0.294. The van der Waals surface area contributed by atoms with Crippen molar-refractivity contribution in [1.82, 2.24) is 5.32 Å². The second-order valence-electron chi connectivity index (χ2n) is 5.10. The number of hydrogen-bond acceptors (Lipinski definition) is 1. The van der Waals surface area contributed by atoms with Gasteiger partial charge in [0.2, 0.25) is 0 Å². The molecular formula is C17H19Cl2N. The summed E-state index contributed by atoms with van der Waals surface area (Å²) >= 11 is 12.3. The minimum absolute atomic E-state index is 0.341. The lowest BCUT2D eigenvalue weighted by atomic mass is 9.98. The summed E-state index contributed by atoms with van der Waals surface area (Å²) in [5.41, 5.74) is 3.71. The number of hydrogen-bond donors (Lipinski definition) is 1. The van der Waals surface area contributed by atoms with Crippen LogP contribution in [-0.2, 0) is 12.8 Å². The molecule has 1 N–H and O–H groups in total. The Labute approximate surface area is 130 Å². The molecule has 0 aliphatic rings. The van der Waals surface area contributed by atoms with Gasteiger partial charge >= 0.3 is 0 Å². The van der Waals surface area contributed by atoms with E-state index in [0.29, 0.717) is 16.1 Å². The summed E-state index contributed by atoms with van der Waals surface area (Å²) in [4.78, 5) is 0. The number of benzene rings is 2. The van der Waals surface area contributed by atoms with E-state index in [2.05, 4.69) is 36.5 Å². The molecule has 3 heteroatoms. The monoisotopic (exact) mass is 307 g/mol. The van der Waals surface area contributed by atoms with E-state index in [1.165, 1.54) is 11.1 Å². The van der Waals surface area contributed by atoms with Crippen LogP contribution in [0.3, 0.4) is 0 Å². The molecule has 0 fully saturated rings. The Kier molecular flexibility index (Phi) is 5.47. The quantitative estimate of drug-likeness (QED) is 0.846. The minimum Gasteiger partial charge on any atom is -0.316 e. The van der Waals surface area contributed by atoms with Gasteiger partial charge in [-0.2, -0.15) is 0 Å². The summed E-state index contributed by atoms with van der Waals surface area (Å²) in [5, 5.41) is 4.65. The first-order valence-corrected chi connectivity index (χ1v) is 7.51. The molecule has 0 aromatic heterocycles. The van der Waals surface area contributed by atoms with Crippen LogP contribution < -0.4 is 5.32 Å². The zero-order chi connectivity index (χ0) is 14.5. The molecule has 20 heavy (non-hydrogen) atoms. The van der Waals surface area contributed by atoms with Crippen LogP contribution >= 0.6 is 23.2 Å². The van der Waals surface area contributed by atoms with Crippen LogP contribution in [0.2, 0.25) is 10.0 Å². The van der Waals surface area contributed by atoms with Gasteiger partial charge in [-0.15, -0.1) is 0 Å². The van der Waals surface area contributed by atoms with Gasteiger partial charge in [0.15, 0.2) is 0 Å². The van der Waals surface area contributed by atoms with E-state index in [9.17, 15) is 0 Å². The highest BCUT2D eigenvalue weighted by Gasteiger charge is 2.12. The Hall–Kier alpha value is -1.02. The predicted molar refractivity (Wildman–Crippen MR) is 87.9 cm³/mol. The fourth-order valence-corrected chi connectivity index (χ4v) is 2.77. The average molecular weight is 308 g/mol. The van der Waals surface area contributed by atoms with Crippen molar-refractivity contribution in [3.05, 3.63) is 69.2 Å². The van der Waals surface area contributed by atoms with E-state index in [0.717, 1.165) is 18.4 Å². The van der Waals surface area contributed by atoms with Crippen LogP contribution in [-0.4, -0.2) is 13.1 Å². The van der Waals surface area contributed by atoms with Crippen LogP contribution in [0, 0.1) is 6.92 Å². The average Bonchev–Trinajstić information content (AvgIpc) is 2.43. The van der Waals surface area contributed by atoms with E-state index in [4.69, 9.17) is 23.2 Å². The first-order valence-electron chi connectivity index (χ1n) is 6.76. The van der Waals surface area contributed by atoms with Crippen molar-refractivity contribution in [2.45, 2.75) is 25.8 Å². The maximum atomic E-state index is 6.26. The number of halogens is 2. The highest BCUT2D eigenvalue weighted by atomic mass is 35.5. The molecule has 0 bridgehead atoms. The number of aryl methyl sites for hydroxylation is 1. The third kappa shape index (κ3) is 3.99. The molecule has 2 aromatic carbocycles. The first kappa shape index (κ1) is 15.4. The Balaban J connectivity index is 2.11. The lowest BCUT2D eigenvalue weighted by Gasteiger charge is -2.18. The Morgan fingerprint density at radius 2 is 1.80 bits per heavy atom. The first-order chi connectivity index (χ1) is 9.60. The highest BCUT2D eigenvalue weighted by molar-refractivity contribution is 6.42. The molecule has 1 unspecified atom stereocenters. The van der Waals surface area contributed by atoms with E-state index >= 15 is 0 Å². The maximum Gasteiger partial charge on any atom is 0.0624 e. The van der Waals surface area contributed by atoms with Crippen LogP contribution in [0.15, 0.2) is 42.5 Å². The van der Waals surface area contributed by atoms with Crippen molar-refractivity contribution in [3.63, 3.8) is 0 Å². The van der Waals surface area contributed by atoms with Gasteiger partial charge < -0.3 is 5.32 Å². The second kappa shape index (κ2) is 7.12. The summed E-state index contributed by atoms with van der Waals surface area (Å²) in [6.45, 7) is 2.12. The molecular weight excluding hydrogens is 289 g/mol. The molecule has 2 rings (SSSR count). The SMILES string of the molecule is CNC(Cc1cccc(C)c1)Cc1cccc(Cl)c1Cl. The zero-order valence-electron chi connectivity index (χ0n) is 11.8. The molecule has 106 valence electrons. The van der Waals surface area contributed by atoms with Crippen molar-refractivity contribution < 1.29 is 0 Å². The van der Waals surface area contributed by atoms with Crippen LogP contribution in [0.1, 0.15) is 16.7 Å². The molecule has 1 atom stereocenters. The topological polar surface area (TPSA) is 12.0 Å². The lowest BCUT2D eigenvalue weighted by molar-refractivity contribution is 0.556. The molecule has 0 radical (unpaired) electrons. The largest absolute Gasteiger partial charge is 0.316 e. The van der Waals surface area contributed by atoms with Crippen molar-refractivity contribution in [2.75, 3.05) is 7.05 Å². The zero-order valence-corrected chi connectivity index (χ0v) is 13.3. The summed E-state index contributed by atoms with van der Waals surface area (Å²) in [6, 6.07) is 14.8. The lowest BCUT2D eigenvalue weighted by Crippen LogP contribution is -2.30. The molecule has 0 saturated carbocycles. The highest BCUT2D eigenvalue weighted by Crippen LogP contribution is 2.26. The van der Waals surface area contributed by atoms with Gasteiger partial charge in [-0.05, 0) is 44.0 Å². The molecule has 0 aliphatic heterocycles. The molecule has 0 spiro atoms. The van der Waals surface area contributed by atoms with E-state index < -0.39 is 0 Å². The van der Waals surface area contributed by atoms with E-state index in [-0.39, 0.29) is 0 Å². The third-order valence-electron chi connectivity index (χ3n) is 3.47. The summed E-state index contributed by atoms with van der Waals surface area (Å²) in [5.74, 6) is 0. The van der Waals surface area contributed by atoms with Crippen molar-refractivity contribution in [1.29, 1.82) is 0 Å². The number of nitrogens with one attached hydrogen (secondary N) is 1.